The lowest BCUT2D eigenvalue weighted by molar-refractivity contribution is -0.128. The fourth-order valence-corrected chi connectivity index (χ4v) is 8.23. The molecule has 0 spiro atoms. The minimum atomic E-state index is -1.46. The second-order valence-electron chi connectivity index (χ2n) is 11.6. The fraction of sp³-hybridized carbons (Fsp3) is 0.294. The van der Waals surface area contributed by atoms with E-state index in [9.17, 15) is 19.5 Å². The highest BCUT2D eigenvalue weighted by molar-refractivity contribution is 6.32. The van der Waals surface area contributed by atoms with Crippen LogP contribution in [0.2, 0.25) is 5.02 Å². The Hall–Kier alpha value is -4.43. The maximum Gasteiger partial charge on any atom is 0.246 e. The first-order valence-electron chi connectivity index (χ1n) is 14.5. The summed E-state index contributed by atoms with van der Waals surface area (Å²) in [5, 5.41) is 14.5. The van der Waals surface area contributed by atoms with Crippen molar-refractivity contribution >= 4 is 40.9 Å². The topological polar surface area (TPSA) is 113 Å². The number of imide groups is 2. The Balaban J connectivity index is 1.54. The SMILES string of the molecule is CCOc1cccc(C2C3=CCC4C(=O)NC(=O)C4C3CC3C(=O)N(c4cccc(Cl)c4)C(=O)C32c2ccccc2)c1O. The number of hydrogen-bond acceptors (Lipinski definition) is 6. The van der Waals surface area contributed by atoms with Crippen LogP contribution < -0.4 is 15.0 Å². The molecule has 3 fully saturated rings. The van der Waals surface area contributed by atoms with Gasteiger partial charge in [0.05, 0.1) is 35.5 Å². The van der Waals surface area contributed by atoms with Crippen molar-refractivity contribution in [3.8, 4) is 11.5 Å². The third-order valence-corrected chi connectivity index (χ3v) is 9.89. The smallest absolute Gasteiger partial charge is 0.246 e. The molecule has 0 bridgehead atoms. The normalized spacial score (nSPS) is 29.5. The summed E-state index contributed by atoms with van der Waals surface area (Å²) in [5.41, 5.74) is 0.707. The van der Waals surface area contributed by atoms with Crippen LogP contribution in [0.3, 0.4) is 0 Å². The summed E-state index contributed by atoms with van der Waals surface area (Å²) < 4.78 is 5.75. The average Bonchev–Trinajstić information content (AvgIpc) is 3.42. The standard InChI is InChI=1S/C34H29ClN2O6/c1-2-43-26-13-7-12-23(29(26)38)28-21-14-15-22-27(31(40)36-30(22)39)24(21)17-25-32(41)37(20-11-6-10-19(35)16-20)33(42)34(25,28)18-8-4-3-5-9-18/h3-14,16,22,24-25,27-28,38H,2,15,17H2,1H3,(H,36,39,40). The van der Waals surface area contributed by atoms with E-state index in [-0.39, 0.29) is 29.7 Å². The third kappa shape index (κ3) is 3.82. The van der Waals surface area contributed by atoms with Crippen LogP contribution in [0.1, 0.15) is 36.8 Å². The van der Waals surface area contributed by atoms with E-state index in [1.54, 1.807) is 42.5 Å². The lowest BCUT2D eigenvalue weighted by Gasteiger charge is -2.50. The summed E-state index contributed by atoms with van der Waals surface area (Å²) in [5.74, 6) is -4.85. The van der Waals surface area contributed by atoms with Gasteiger partial charge in [-0.2, -0.15) is 0 Å². The maximum absolute atomic E-state index is 15.1. The van der Waals surface area contributed by atoms with E-state index < -0.39 is 46.8 Å². The minimum Gasteiger partial charge on any atom is -0.504 e. The zero-order valence-electron chi connectivity index (χ0n) is 23.3. The van der Waals surface area contributed by atoms with Crippen LogP contribution in [0.4, 0.5) is 5.69 Å². The second-order valence-corrected chi connectivity index (χ2v) is 12.0. The van der Waals surface area contributed by atoms with Crippen LogP contribution >= 0.6 is 11.6 Å². The van der Waals surface area contributed by atoms with Gasteiger partial charge in [-0.1, -0.05) is 71.8 Å². The highest BCUT2D eigenvalue weighted by atomic mass is 35.5. The molecule has 0 radical (unpaired) electrons. The fourth-order valence-electron chi connectivity index (χ4n) is 8.04. The number of hydrogen-bond donors (Lipinski definition) is 2. The number of allylic oxidation sites excluding steroid dienone is 2. The van der Waals surface area contributed by atoms with Crippen molar-refractivity contribution in [1.82, 2.24) is 5.32 Å². The molecule has 2 N–H and O–H groups in total. The van der Waals surface area contributed by atoms with E-state index in [0.29, 0.717) is 34.9 Å². The number of aromatic hydroxyl groups is 1. The predicted molar refractivity (Wildman–Crippen MR) is 159 cm³/mol. The zero-order valence-corrected chi connectivity index (χ0v) is 24.1. The first-order valence-corrected chi connectivity index (χ1v) is 14.9. The van der Waals surface area contributed by atoms with Crippen molar-refractivity contribution in [2.24, 2.45) is 23.7 Å². The monoisotopic (exact) mass is 596 g/mol. The summed E-state index contributed by atoms with van der Waals surface area (Å²) >= 11 is 6.32. The van der Waals surface area contributed by atoms with E-state index >= 15 is 4.79 Å². The number of phenolic OH excluding ortho intramolecular Hbond substituents is 1. The van der Waals surface area contributed by atoms with Gasteiger partial charge in [-0.15, -0.1) is 0 Å². The number of phenols is 1. The maximum atomic E-state index is 15.1. The molecule has 9 heteroatoms. The molecule has 1 saturated carbocycles. The van der Waals surface area contributed by atoms with Gasteiger partial charge in [-0.3, -0.25) is 24.5 Å². The molecule has 3 aromatic carbocycles. The lowest BCUT2D eigenvalue weighted by Crippen LogP contribution is -2.53. The van der Waals surface area contributed by atoms with Crippen molar-refractivity contribution in [2.75, 3.05) is 11.5 Å². The number of amides is 4. The average molecular weight is 597 g/mol. The van der Waals surface area contributed by atoms with Gasteiger partial charge >= 0.3 is 0 Å². The van der Waals surface area contributed by atoms with Crippen molar-refractivity contribution in [3.05, 3.63) is 101 Å². The van der Waals surface area contributed by atoms with Gasteiger partial charge < -0.3 is 9.84 Å². The number of carbonyl (C=O) groups is 4. The Bertz CT molecular complexity index is 1720. The number of fused-ring (bicyclic) bond motifs is 4. The second kappa shape index (κ2) is 10.1. The van der Waals surface area contributed by atoms with Crippen molar-refractivity contribution in [3.63, 3.8) is 0 Å². The highest BCUT2D eigenvalue weighted by Crippen LogP contribution is 2.65. The summed E-state index contributed by atoms with van der Waals surface area (Å²) in [6, 6.07) is 21.0. The van der Waals surface area contributed by atoms with Gasteiger partial charge in [0.25, 0.3) is 0 Å². The van der Waals surface area contributed by atoms with Gasteiger partial charge in [0.1, 0.15) is 0 Å². The Kier molecular flexibility index (Phi) is 6.43. The summed E-state index contributed by atoms with van der Waals surface area (Å²) in [6.07, 6.45) is 2.45. The summed E-state index contributed by atoms with van der Waals surface area (Å²) in [4.78, 5) is 56.9. The molecule has 6 unspecified atom stereocenters. The largest absolute Gasteiger partial charge is 0.504 e. The Labute approximate surface area is 253 Å². The van der Waals surface area contributed by atoms with E-state index in [1.807, 2.05) is 43.3 Å². The predicted octanol–water partition coefficient (Wildman–Crippen LogP) is 4.89. The molecule has 6 atom stereocenters. The number of para-hydroxylation sites is 1. The number of benzene rings is 3. The van der Waals surface area contributed by atoms with Crippen molar-refractivity contribution < 1.29 is 29.0 Å². The zero-order chi connectivity index (χ0) is 30.0. The summed E-state index contributed by atoms with van der Waals surface area (Å²) in [6.45, 7) is 2.12. The van der Waals surface area contributed by atoms with Gasteiger partial charge in [0, 0.05) is 16.5 Å². The van der Waals surface area contributed by atoms with Crippen LogP contribution in [0.5, 0.6) is 11.5 Å². The molecule has 0 aromatic heterocycles. The van der Waals surface area contributed by atoms with Crippen molar-refractivity contribution in [1.29, 1.82) is 0 Å². The van der Waals surface area contributed by atoms with Crippen LogP contribution in [0.25, 0.3) is 0 Å². The molecule has 2 aliphatic heterocycles. The molecule has 4 aliphatic rings. The van der Waals surface area contributed by atoms with Crippen LogP contribution in [-0.4, -0.2) is 35.3 Å². The number of ether oxygens (including phenoxy) is 1. The molecule has 4 amide bonds. The Morgan fingerprint density at radius 1 is 0.977 bits per heavy atom. The third-order valence-electron chi connectivity index (χ3n) is 9.65. The quantitative estimate of drug-likeness (QED) is 0.320. The van der Waals surface area contributed by atoms with Crippen LogP contribution in [0, 0.1) is 23.7 Å². The van der Waals surface area contributed by atoms with Gasteiger partial charge in [0.2, 0.25) is 23.6 Å². The Morgan fingerprint density at radius 3 is 2.49 bits per heavy atom. The van der Waals surface area contributed by atoms with E-state index in [4.69, 9.17) is 16.3 Å². The molecular formula is C34H29ClN2O6. The van der Waals surface area contributed by atoms with Crippen LogP contribution in [0.15, 0.2) is 84.4 Å². The summed E-state index contributed by atoms with van der Waals surface area (Å²) in [7, 11) is 0. The van der Waals surface area contributed by atoms with E-state index in [0.717, 1.165) is 5.57 Å². The van der Waals surface area contributed by atoms with Gasteiger partial charge in [-0.05, 0) is 55.5 Å². The molecule has 43 heavy (non-hydrogen) atoms. The van der Waals surface area contributed by atoms with Gasteiger partial charge in [-0.25, -0.2) is 4.90 Å². The molecule has 3 aromatic rings. The molecule has 218 valence electrons. The molecular weight excluding hydrogens is 568 g/mol. The number of rotatable bonds is 5. The molecule has 2 aliphatic carbocycles. The first kappa shape index (κ1) is 27.4. The first-order chi connectivity index (χ1) is 20.8. The Morgan fingerprint density at radius 2 is 1.74 bits per heavy atom. The number of anilines is 1. The highest BCUT2D eigenvalue weighted by Gasteiger charge is 2.70. The van der Waals surface area contributed by atoms with Crippen LogP contribution in [-0.2, 0) is 24.6 Å². The van der Waals surface area contributed by atoms with E-state index in [1.165, 1.54) is 4.90 Å². The van der Waals surface area contributed by atoms with Crippen molar-refractivity contribution in [2.45, 2.75) is 31.1 Å². The molecule has 8 nitrogen and oxygen atoms in total. The number of nitrogens with one attached hydrogen (secondary N) is 1. The number of nitrogens with zero attached hydrogens (tertiary/aromatic N) is 1. The minimum absolute atomic E-state index is 0.125. The number of carbonyl (C=O) groups excluding carboxylic acids is 4. The lowest BCUT2D eigenvalue weighted by atomic mass is 9.49. The molecule has 2 heterocycles. The van der Waals surface area contributed by atoms with E-state index in [2.05, 4.69) is 5.32 Å². The van der Waals surface area contributed by atoms with Gasteiger partial charge in [0.15, 0.2) is 11.5 Å². The molecule has 2 saturated heterocycles. The molecule has 7 rings (SSSR count). The number of halogens is 1.